The number of carbonyl (C=O) groups excluding carboxylic acids is 1. The Morgan fingerprint density at radius 3 is 2.64 bits per heavy atom. The number of ether oxygens (including phenoxy) is 2. The highest BCUT2D eigenvalue weighted by Gasteiger charge is 2.18. The van der Waals surface area contributed by atoms with Crippen LogP contribution in [0.2, 0.25) is 10.0 Å². The first kappa shape index (κ1) is 29.9. The molecule has 0 aliphatic carbocycles. The number of amides is 1. The number of aryl methyl sites for hydroxylation is 1. The van der Waals surface area contributed by atoms with Gasteiger partial charge in [-0.1, -0.05) is 53.5 Å². The number of halogens is 2. The molecule has 0 spiro atoms. The molecular weight excluding hydrogens is 615 g/mol. The molecule has 0 saturated carbocycles. The Morgan fingerprint density at radius 2 is 1.82 bits per heavy atom. The minimum absolute atomic E-state index is 0.199. The van der Waals surface area contributed by atoms with Crippen molar-refractivity contribution < 1.29 is 18.7 Å². The third-order valence-corrected chi connectivity index (χ3v) is 7.39. The van der Waals surface area contributed by atoms with Crippen molar-refractivity contribution in [3.8, 4) is 23.1 Å². The van der Waals surface area contributed by atoms with Crippen molar-refractivity contribution in [3.05, 3.63) is 116 Å². The molecule has 2 heterocycles. The molecule has 0 aliphatic rings. The number of nitrogens with one attached hydrogen (secondary N) is 1. The number of fused-ring (bicyclic) bond motifs is 2. The van der Waals surface area contributed by atoms with Gasteiger partial charge in [0.15, 0.2) is 23.9 Å². The zero-order valence-corrected chi connectivity index (χ0v) is 25.7. The van der Waals surface area contributed by atoms with Crippen LogP contribution in [0.4, 0.5) is 5.69 Å². The monoisotopic (exact) mass is 640 g/mol. The number of carbonyl (C=O) groups is 1. The molecule has 6 aromatic rings. The third kappa shape index (κ3) is 6.40. The molecule has 0 saturated heterocycles. The molecule has 0 fully saturated rings. The van der Waals surface area contributed by atoms with Gasteiger partial charge in [-0.3, -0.25) is 9.59 Å². The van der Waals surface area contributed by atoms with Crippen molar-refractivity contribution >= 4 is 62.9 Å². The number of hydrogen-bond acceptors (Lipinski definition) is 7. The van der Waals surface area contributed by atoms with Gasteiger partial charge in [0, 0.05) is 16.1 Å². The van der Waals surface area contributed by atoms with Gasteiger partial charge in [-0.2, -0.15) is 9.78 Å². The van der Waals surface area contributed by atoms with E-state index in [1.165, 1.54) is 10.9 Å². The molecule has 0 radical (unpaired) electrons. The van der Waals surface area contributed by atoms with Crippen LogP contribution in [-0.2, 0) is 4.79 Å². The summed E-state index contributed by atoms with van der Waals surface area (Å²) in [4.78, 5) is 30.9. The maximum Gasteiger partial charge on any atom is 0.282 e. The van der Waals surface area contributed by atoms with Crippen LogP contribution in [0.1, 0.15) is 18.1 Å². The highest BCUT2D eigenvalue weighted by atomic mass is 35.5. The first-order valence-corrected chi connectivity index (χ1v) is 14.8. The first-order valence-electron chi connectivity index (χ1n) is 14.0. The van der Waals surface area contributed by atoms with Crippen molar-refractivity contribution in [1.29, 1.82) is 0 Å². The predicted octanol–water partition coefficient (Wildman–Crippen LogP) is 7.72. The van der Waals surface area contributed by atoms with Crippen molar-refractivity contribution in [2.45, 2.75) is 13.8 Å². The van der Waals surface area contributed by atoms with Crippen molar-refractivity contribution in [3.63, 3.8) is 0 Å². The van der Waals surface area contributed by atoms with Crippen molar-refractivity contribution in [2.75, 3.05) is 18.5 Å². The van der Waals surface area contributed by atoms with Crippen LogP contribution in [-0.4, -0.2) is 35.0 Å². The molecule has 0 atom stereocenters. The summed E-state index contributed by atoms with van der Waals surface area (Å²) in [6.07, 6.45) is 1.46. The quantitative estimate of drug-likeness (QED) is 0.162. The lowest BCUT2D eigenvalue weighted by atomic mass is 10.2. The number of nitrogens with zero attached hydrogens (tertiary/aromatic N) is 3. The van der Waals surface area contributed by atoms with Crippen LogP contribution < -0.4 is 20.3 Å². The summed E-state index contributed by atoms with van der Waals surface area (Å²) >= 11 is 12.8. The lowest BCUT2D eigenvalue weighted by Crippen LogP contribution is -2.21. The number of furan rings is 1. The van der Waals surface area contributed by atoms with Crippen molar-refractivity contribution in [1.82, 2.24) is 9.66 Å². The Morgan fingerprint density at radius 1 is 1.02 bits per heavy atom. The van der Waals surface area contributed by atoms with Gasteiger partial charge >= 0.3 is 0 Å². The standard InChI is InChI=1S/C34H26Cl2N4O5/c1-3-43-29-15-21(14-25(36)32(29)44-19-31(41)38-26-10-6-4-8-20(26)2)18-37-40-33(39-27-11-7-5-9-24(27)34(40)42)30-17-22-16-23(35)12-13-28(22)45-30/h4-18H,3,19H2,1-2H3,(H,38,41). The Hall–Kier alpha value is -5.12. The number of hydrogen-bond donors (Lipinski definition) is 1. The Bertz CT molecular complexity index is 2160. The topological polar surface area (TPSA) is 108 Å². The lowest BCUT2D eigenvalue weighted by molar-refractivity contribution is -0.118. The molecule has 1 N–H and O–H groups in total. The molecule has 0 bridgehead atoms. The molecular formula is C34H26Cl2N4O5. The van der Waals surface area contributed by atoms with E-state index >= 15 is 0 Å². The zero-order valence-electron chi connectivity index (χ0n) is 24.2. The van der Waals surface area contributed by atoms with Gasteiger partial charge < -0.3 is 19.2 Å². The Kier molecular flexibility index (Phi) is 8.55. The van der Waals surface area contributed by atoms with Gasteiger partial charge in [-0.15, -0.1) is 0 Å². The zero-order chi connectivity index (χ0) is 31.5. The van der Waals surface area contributed by atoms with Crippen LogP contribution in [0.3, 0.4) is 0 Å². The number of para-hydroxylation sites is 2. The number of anilines is 1. The minimum atomic E-state index is -0.388. The Balaban J connectivity index is 1.33. The maximum absolute atomic E-state index is 13.6. The maximum atomic E-state index is 13.6. The van der Waals surface area contributed by atoms with Crippen LogP contribution >= 0.6 is 23.2 Å². The van der Waals surface area contributed by atoms with E-state index in [4.69, 9.17) is 42.1 Å². The second-order valence-corrected chi connectivity index (χ2v) is 10.9. The lowest BCUT2D eigenvalue weighted by Gasteiger charge is -2.15. The number of benzene rings is 4. The Labute approximate surface area is 267 Å². The largest absolute Gasteiger partial charge is 0.490 e. The molecule has 2 aromatic heterocycles. The molecule has 0 aliphatic heterocycles. The van der Waals surface area contributed by atoms with Gasteiger partial charge in [-0.05, 0) is 79.6 Å². The van der Waals surface area contributed by atoms with E-state index in [1.807, 2.05) is 38.1 Å². The van der Waals surface area contributed by atoms with E-state index in [0.717, 1.165) is 10.9 Å². The molecule has 1 amide bonds. The average Bonchev–Trinajstić information content (AvgIpc) is 3.44. The molecule has 6 rings (SSSR count). The van der Waals surface area contributed by atoms with Gasteiger partial charge in [-0.25, -0.2) is 4.98 Å². The summed E-state index contributed by atoms with van der Waals surface area (Å²) in [5, 5.41) is 9.23. The van der Waals surface area contributed by atoms with Crippen LogP contribution in [0, 0.1) is 6.92 Å². The summed E-state index contributed by atoms with van der Waals surface area (Å²) in [6.45, 7) is 3.75. The molecule has 4 aromatic carbocycles. The van der Waals surface area contributed by atoms with E-state index in [2.05, 4.69) is 10.4 Å². The SMILES string of the molecule is CCOc1cc(C=Nn2c(-c3cc4cc(Cl)ccc4o3)nc3ccccc3c2=O)cc(Cl)c1OCC(=O)Nc1ccccc1C. The van der Waals surface area contributed by atoms with Gasteiger partial charge in [0.2, 0.25) is 5.82 Å². The van der Waals surface area contributed by atoms with Crippen LogP contribution in [0.15, 0.2) is 99.2 Å². The highest BCUT2D eigenvalue weighted by Crippen LogP contribution is 2.36. The molecule has 11 heteroatoms. The normalized spacial score (nSPS) is 11.4. The third-order valence-electron chi connectivity index (χ3n) is 6.87. The van der Waals surface area contributed by atoms with Crippen LogP contribution in [0.5, 0.6) is 11.5 Å². The molecule has 9 nitrogen and oxygen atoms in total. The number of aromatic nitrogens is 2. The fraction of sp³-hybridized carbons (Fsp3) is 0.118. The van der Waals surface area contributed by atoms with E-state index in [-0.39, 0.29) is 34.7 Å². The van der Waals surface area contributed by atoms with E-state index in [1.54, 1.807) is 60.7 Å². The molecule has 45 heavy (non-hydrogen) atoms. The summed E-state index contributed by atoms with van der Waals surface area (Å²) in [5.74, 6) is 0.721. The van der Waals surface area contributed by atoms with E-state index in [0.29, 0.717) is 50.9 Å². The fourth-order valence-electron chi connectivity index (χ4n) is 4.74. The smallest absolute Gasteiger partial charge is 0.282 e. The second kappa shape index (κ2) is 12.9. The van der Waals surface area contributed by atoms with E-state index in [9.17, 15) is 9.59 Å². The minimum Gasteiger partial charge on any atom is -0.490 e. The summed E-state index contributed by atoms with van der Waals surface area (Å²) in [7, 11) is 0. The number of rotatable bonds is 9. The average molecular weight is 642 g/mol. The second-order valence-electron chi connectivity index (χ2n) is 10.0. The molecule has 0 unspecified atom stereocenters. The summed E-state index contributed by atoms with van der Waals surface area (Å²) in [6, 6.07) is 24.7. The summed E-state index contributed by atoms with van der Waals surface area (Å²) in [5.41, 5.74) is 2.83. The van der Waals surface area contributed by atoms with Gasteiger partial charge in [0.05, 0.1) is 28.7 Å². The first-order chi connectivity index (χ1) is 21.8. The van der Waals surface area contributed by atoms with Gasteiger partial charge in [0.25, 0.3) is 11.5 Å². The van der Waals surface area contributed by atoms with E-state index < -0.39 is 0 Å². The highest BCUT2D eigenvalue weighted by molar-refractivity contribution is 6.32. The molecule has 226 valence electrons. The fourth-order valence-corrected chi connectivity index (χ4v) is 5.20. The van der Waals surface area contributed by atoms with Gasteiger partial charge in [0.1, 0.15) is 5.58 Å². The van der Waals surface area contributed by atoms with Crippen molar-refractivity contribution in [2.24, 2.45) is 5.10 Å². The summed E-state index contributed by atoms with van der Waals surface area (Å²) < 4.78 is 18.8. The predicted molar refractivity (Wildman–Crippen MR) is 177 cm³/mol. The van der Waals surface area contributed by atoms with Crippen LogP contribution in [0.25, 0.3) is 33.5 Å².